The van der Waals surface area contributed by atoms with Crippen LogP contribution in [0.15, 0.2) is 10.4 Å². The minimum Gasteiger partial charge on any atom is -0.388 e. The Morgan fingerprint density at radius 3 is 3.00 bits per heavy atom. The minimum atomic E-state index is 0.0266. The Morgan fingerprint density at radius 2 is 2.55 bits per heavy atom. The van der Waals surface area contributed by atoms with Gasteiger partial charge in [-0.2, -0.15) is 0 Å². The van der Waals surface area contributed by atoms with Gasteiger partial charge in [-0.3, -0.25) is 4.99 Å². The summed E-state index contributed by atoms with van der Waals surface area (Å²) in [5.74, 6) is 0.575. The Hall–Kier alpha value is -0.970. The first-order chi connectivity index (χ1) is 5.20. The maximum atomic E-state index is 5.40. The number of rotatable bonds is 2. The third-order valence-electron chi connectivity index (χ3n) is 1.20. The van der Waals surface area contributed by atoms with E-state index < -0.39 is 0 Å². The molecule has 0 saturated heterocycles. The summed E-state index contributed by atoms with van der Waals surface area (Å²) in [7, 11) is 0. The lowest BCUT2D eigenvalue weighted by Crippen LogP contribution is -2.07. The standard InChI is InChI=1S/C6H10N4S/c1-4(8-5(2)7)6-3-11-10-9-6/h3-4H,1-2H3,(H2,7,8). The highest BCUT2D eigenvalue weighted by atomic mass is 32.1. The molecule has 1 atom stereocenters. The van der Waals surface area contributed by atoms with Crippen LogP contribution in [-0.4, -0.2) is 15.4 Å². The van der Waals surface area contributed by atoms with E-state index >= 15 is 0 Å². The van der Waals surface area contributed by atoms with Gasteiger partial charge in [-0.1, -0.05) is 4.49 Å². The Morgan fingerprint density at radius 1 is 1.82 bits per heavy atom. The molecule has 5 heteroatoms. The lowest BCUT2D eigenvalue weighted by molar-refractivity contribution is 0.773. The summed E-state index contributed by atoms with van der Waals surface area (Å²) in [6, 6.07) is 0.0266. The highest BCUT2D eigenvalue weighted by Crippen LogP contribution is 2.13. The smallest absolute Gasteiger partial charge is 0.0998 e. The molecule has 1 aromatic heterocycles. The molecule has 0 aliphatic rings. The Bertz CT molecular complexity index is 237. The molecule has 0 aromatic carbocycles. The summed E-state index contributed by atoms with van der Waals surface area (Å²) in [5.41, 5.74) is 6.28. The van der Waals surface area contributed by atoms with Crippen molar-refractivity contribution in [1.82, 2.24) is 9.59 Å². The van der Waals surface area contributed by atoms with E-state index in [1.807, 2.05) is 12.3 Å². The summed E-state index contributed by atoms with van der Waals surface area (Å²) in [6.07, 6.45) is 0. The summed E-state index contributed by atoms with van der Waals surface area (Å²) in [4.78, 5) is 4.12. The summed E-state index contributed by atoms with van der Waals surface area (Å²) in [6.45, 7) is 3.70. The number of aliphatic imine (C=N–C) groups is 1. The van der Waals surface area contributed by atoms with E-state index in [-0.39, 0.29) is 6.04 Å². The average Bonchev–Trinajstić information content (AvgIpc) is 2.35. The molecule has 0 fully saturated rings. The molecule has 0 aliphatic heterocycles. The zero-order chi connectivity index (χ0) is 8.27. The van der Waals surface area contributed by atoms with Crippen LogP contribution in [0.3, 0.4) is 0 Å². The van der Waals surface area contributed by atoms with Crippen molar-refractivity contribution in [2.75, 3.05) is 0 Å². The van der Waals surface area contributed by atoms with Crippen molar-refractivity contribution in [1.29, 1.82) is 0 Å². The van der Waals surface area contributed by atoms with Crippen LogP contribution in [0.1, 0.15) is 25.6 Å². The first-order valence-electron chi connectivity index (χ1n) is 3.27. The van der Waals surface area contributed by atoms with E-state index in [1.165, 1.54) is 11.5 Å². The van der Waals surface area contributed by atoms with Crippen molar-refractivity contribution in [2.24, 2.45) is 10.7 Å². The SMILES string of the molecule is CC(N)=NC(C)c1csnn1. The summed E-state index contributed by atoms with van der Waals surface area (Å²) < 4.78 is 3.73. The van der Waals surface area contributed by atoms with Crippen molar-refractivity contribution in [2.45, 2.75) is 19.9 Å². The van der Waals surface area contributed by atoms with Crippen LogP contribution in [-0.2, 0) is 0 Å². The number of nitrogens with zero attached hydrogens (tertiary/aromatic N) is 3. The van der Waals surface area contributed by atoms with E-state index in [0.29, 0.717) is 5.84 Å². The van der Waals surface area contributed by atoms with E-state index in [0.717, 1.165) is 5.69 Å². The largest absolute Gasteiger partial charge is 0.388 e. The van der Waals surface area contributed by atoms with Gasteiger partial charge in [0.1, 0.15) is 0 Å². The quantitative estimate of drug-likeness (QED) is 0.531. The van der Waals surface area contributed by atoms with Crippen molar-refractivity contribution < 1.29 is 0 Å². The number of hydrogen-bond donors (Lipinski definition) is 1. The number of nitrogens with two attached hydrogens (primary N) is 1. The van der Waals surface area contributed by atoms with Crippen LogP contribution >= 0.6 is 11.5 Å². The van der Waals surface area contributed by atoms with E-state index in [4.69, 9.17) is 5.73 Å². The highest BCUT2D eigenvalue weighted by Gasteiger charge is 2.05. The molecule has 0 bridgehead atoms. The molecule has 1 heterocycles. The fourth-order valence-electron chi connectivity index (χ4n) is 0.725. The molecule has 4 nitrogen and oxygen atoms in total. The zero-order valence-corrected chi connectivity index (χ0v) is 7.30. The zero-order valence-electron chi connectivity index (χ0n) is 6.48. The van der Waals surface area contributed by atoms with Crippen molar-refractivity contribution in [3.63, 3.8) is 0 Å². The van der Waals surface area contributed by atoms with Gasteiger partial charge in [0.05, 0.1) is 17.6 Å². The maximum absolute atomic E-state index is 5.40. The van der Waals surface area contributed by atoms with Crippen LogP contribution in [0, 0.1) is 0 Å². The minimum absolute atomic E-state index is 0.0266. The predicted octanol–water partition coefficient (Wildman–Crippen LogP) is 0.976. The molecular formula is C6H10N4S. The molecule has 0 amide bonds. The van der Waals surface area contributed by atoms with Crippen molar-refractivity contribution in [3.05, 3.63) is 11.1 Å². The third-order valence-corrected chi connectivity index (χ3v) is 1.73. The lowest BCUT2D eigenvalue weighted by atomic mass is 10.3. The summed E-state index contributed by atoms with van der Waals surface area (Å²) >= 11 is 1.32. The monoisotopic (exact) mass is 170 g/mol. The summed E-state index contributed by atoms with van der Waals surface area (Å²) in [5, 5.41) is 5.75. The van der Waals surface area contributed by atoms with Crippen molar-refractivity contribution >= 4 is 17.4 Å². The molecule has 2 N–H and O–H groups in total. The van der Waals surface area contributed by atoms with Crippen LogP contribution in [0.25, 0.3) is 0 Å². The molecule has 0 radical (unpaired) electrons. The van der Waals surface area contributed by atoms with Crippen molar-refractivity contribution in [3.8, 4) is 0 Å². The number of amidine groups is 1. The van der Waals surface area contributed by atoms with E-state index in [1.54, 1.807) is 6.92 Å². The average molecular weight is 170 g/mol. The van der Waals surface area contributed by atoms with Crippen LogP contribution < -0.4 is 5.73 Å². The van der Waals surface area contributed by atoms with Gasteiger partial charge in [0.15, 0.2) is 0 Å². The second-order valence-corrected chi connectivity index (χ2v) is 2.89. The van der Waals surface area contributed by atoms with Gasteiger partial charge < -0.3 is 5.73 Å². The molecule has 11 heavy (non-hydrogen) atoms. The number of aromatic nitrogens is 2. The molecule has 0 spiro atoms. The van der Waals surface area contributed by atoms with E-state index in [2.05, 4.69) is 14.6 Å². The first kappa shape index (κ1) is 8.13. The van der Waals surface area contributed by atoms with E-state index in [9.17, 15) is 0 Å². The topological polar surface area (TPSA) is 64.2 Å². The van der Waals surface area contributed by atoms with Gasteiger partial charge in [0.25, 0.3) is 0 Å². The van der Waals surface area contributed by atoms with Gasteiger partial charge in [-0.25, -0.2) is 0 Å². The van der Waals surface area contributed by atoms with Gasteiger partial charge >= 0.3 is 0 Å². The molecule has 60 valence electrons. The van der Waals surface area contributed by atoms with Gasteiger partial charge in [0, 0.05) is 5.38 Å². The molecule has 0 saturated carbocycles. The van der Waals surface area contributed by atoms with Gasteiger partial charge in [0.2, 0.25) is 0 Å². The highest BCUT2D eigenvalue weighted by molar-refractivity contribution is 7.03. The van der Waals surface area contributed by atoms with Gasteiger partial charge in [-0.05, 0) is 25.4 Å². The van der Waals surface area contributed by atoms with Crippen LogP contribution in [0.4, 0.5) is 0 Å². The fourth-order valence-corrected chi connectivity index (χ4v) is 1.27. The molecule has 1 aromatic rings. The molecule has 0 aliphatic carbocycles. The van der Waals surface area contributed by atoms with Crippen LogP contribution in [0.5, 0.6) is 0 Å². The number of hydrogen-bond acceptors (Lipinski definition) is 4. The first-order valence-corrected chi connectivity index (χ1v) is 4.10. The Labute approximate surface area is 69.3 Å². The molecule has 1 unspecified atom stereocenters. The predicted molar refractivity (Wildman–Crippen MR) is 45.6 cm³/mol. The normalized spacial score (nSPS) is 14.9. The second kappa shape index (κ2) is 3.43. The molecular weight excluding hydrogens is 160 g/mol. The molecule has 1 rings (SSSR count). The Balaban J connectivity index is 2.71. The van der Waals surface area contributed by atoms with Crippen LogP contribution in [0.2, 0.25) is 0 Å². The third kappa shape index (κ3) is 2.27. The Kier molecular flexibility index (Phi) is 2.53. The lowest BCUT2D eigenvalue weighted by Gasteiger charge is -2.00. The fraction of sp³-hybridized carbons (Fsp3) is 0.500. The second-order valence-electron chi connectivity index (χ2n) is 2.28. The maximum Gasteiger partial charge on any atom is 0.0998 e. The van der Waals surface area contributed by atoms with Gasteiger partial charge in [-0.15, -0.1) is 5.10 Å².